The van der Waals surface area contributed by atoms with E-state index in [-0.39, 0.29) is 34.1 Å². The molecule has 1 amide bonds. The molecule has 1 aromatic heterocycles. The molecule has 0 N–H and O–H groups in total. The zero-order valence-corrected chi connectivity index (χ0v) is 19.4. The van der Waals surface area contributed by atoms with Gasteiger partial charge in [0.2, 0.25) is 0 Å². The van der Waals surface area contributed by atoms with Gasteiger partial charge in [0.05, 0.1) is 4.90 Å². The number of amides is 1. The fourth-order valence-electron chi connectivity index (χ4n) is 4.00. The predicted molar refractivity (Wildman–Crippen MR) is 125 cm³/mol. The normalized spacial score (nSPS) is 16.9. The summed E-state index contributed by atoms with van der Waals surface area (Å²) < 4.78 is 31.0. The van der Waals surface area contributed by atoms with Gasteiger partial charge in [-0.25, -0.2) is 8.42 Å². The molecule has 2 aromatic carbocycles. The molecule has 0 unspecified atom stereocenters. The Morgan fingerprint density at radius 2 is 1.56 bits per heavy atom. The number of piperazine rings is 1. The second kappa shape index (κ2) is 8.82. The van der Waals surface area contributed by atoms with Crippen LogP contribution in [0.2, 0.25) is 0 Å². The number of anilines is 1. The largest absolute Gasteiger partial charge is 0.455 e. The van der Waals surface area contributed by atoms with Crippen LogP contribution in [-0.2, 0) is 15.6 Å². The summed E-state index contributed by atoms with van der Waals surface area (Å²) in [4.78, 5) is 17.3. The third-order valence-corrected chi connectivity index (χ3v) is 7.52. The molecular formula is C25H28N2O4S. The van der Waals surface area contributed by atoms with Gasteiger partial charge in [0.1, 0.15) is 11.5 Å². The number of furan rings is 1. The van der Waals surface area contributed by atoms with Gasteiger partial charge in [-0.05, 0) is 57.2 Å². The number of aryl methyl sites for hydroxylation is 2. The van der Waals surface area contributed by atoms with Crippen LogP contribution in [0.5, 0.6) is 0 Å². The van der Waals surface area contributed by atoms with Crippen molar-refractivity contribution in [2.45, 2.75) is 37.5 Å². The van der Waals surface area contributed by atoms with Crippen LogP contribution in [0.1, 0.15) is 34.4 Å². The van der Waals surface area contributed by atoms with E-state index in [0.717, 1.165) is 17.8 Å². The lowest BCUT2D eigenvalue weighted by Gasteiger charge is -2.41. The maximum Gasteiger partial charge on any atom is 0.289 e. The molecule has 32 heavy (non-hydrogen) atoms. The first kappa shape index (κ1) is 22.1. The van der Waals surface area contributed by atoms with Gasteiger partial charge in [0, 0.05) is 31.4 Å². The third-order valence-electron chi connectivity index (χ3n) is 5.87. The second-order valence-corrected chi connectivity index (χ2v) is 10.5. The minimum absolute atomic E-state index is 0.159. The monoisotopic (exact) mass is 452 g/mol. The Hall–Kier alpha value is -3.06. The van der Waals surface area contributed by atoms with E-state index in [4.69, 9.17) is 4.42 Å². The van der Waals surface area contributed by atoms with Crippen molar-refractivity contribution in [3.63, 3.8) is 0 Å². The lowest BCUT2D eigenvalue weighted by Crippen LogP contribution is -2.53. The van der Waals surface area contributed by atoms with Crippen molar-refractivity contribution in [2.24, 2.45) is 0 Å². The van der Waals surface area contributed by atoms with E-state index in [1.54, 1.807) is 41.3 Å². The molecule has 2 heterocycles. The average molecular weight is 453 g/mol. The molecule has 0 aliphatic carbocycles. The number of hydrogen-bond acceptors (Lipinski definition) is 5. The Bertz CT molecular complexity index is 1200. The highest BCUT2D eigenvalue weighted by atomic mass is 32.2. The first-order valence-electron chi connectivity index (χ1n) is 10.7. The lowest BCUT2D eigenvalue weighted by atomic mass is 10.1. The number of rotatable bonds is 5. The maximum absolute atomic E-state index is 13.0. The number of carbonyl (C=O) groups excluding carboxylic acids is 1. The quantitative estimate of drug-likeness (QED) is 0.580. The summed E-state index contributed by atoms with van der Waals surface area (Å²) in [6.07, 6.45) is 0. The zero-order valence-electron chi connectivity index (χ0n) is 18.6. The summed E-state index contributed by atoms with van der Waals surface area (Å²) in [5, 5.41) is 0. The Labute approximate surface area is 189 Å². The van der Waals surface area contributed by atoms with E-state index in [9.17, 15) is 13.2 Å². The smallest absolute Gasteiger partial charge is 0.289 e. The minimum atomic E-state index is -3.54. The molecule has 1 aliphatic heterocycles. The summed E-state index contributed by atoms with van der Waals surface area (Å²) in [7, 11) is -3.54. The van der Waals surface area contributed by atoms with Crippen LogP contribution in [0.15, 0.2) is 70.0 Å². The minimum Gasteiger partial charge on any atom is -0.455 e. The van der Waals surface area contributed by atoms with Crippen molar-refractivity contribution >= 4 is 21.4 Å². The summed E-state index contributed by atoms with van der Waals surface area (Å²) in [6, 6.07) is 18.4. The summed E-state index contributed by atoms with van der Waals surface area (Å²) in [6.45, 7) is 7.95. The van der Waals surface area contributed by atoms with Crippen LogP contribution in [-0.4, -0.2) is 44.9 Å². The Balaban J connectivity index is 1.41. The van der Waals surface area contributed by atoms with Crippen LogP contribution in [0.4, 0.5) is 5.69 Å². The molecule has 3 aromatic rings. The standard InChI is InChI=1S/C25H28N2O4S/c1-18-4-8-21(9-5-18)27-15-14-26(16-20(27)3)25(28)24-13-10-22(31-24)17-32(29,30)23-11-6-19(2)7-12-23/h4-13,20H,14-17H2,1-3H3/t20-/m1/s1. The molecule has 0 spiro atoms. The highest BCUT2D eigenvalue weighted by Crippen LogP contribution is 2.23. The van der Waals surface area contributed by atoms with Crippen LogP contribution in [0, 0.1) is 13.8 Å². The van der Waals surface area contributed by atoms with Gasteiger partial charge in [-0.2, -0.15) is 0 Å². The van der Waals surface area contributed by atoms with Crippen molar-refractivity contribution < 1.29 is 17.6 Å². The molecule has 6 nitrogen and oxygen atoms in total. The first-order valence-corrected chi connectivity index (χ1v) is 12.4. The van der Waals surface area contributed by atoms with E-state index in [2.05, 4.69) is 43.0 Å². The van der Waals surface area contributed by atoms with Crippen LogP contribution in [0.25, 0.3) is 0 Å². The van der Waals surface area contributed by atoms with Crippen LogP contribution in [0.3, 0.4) is 0 Å². The Morgan fingerprint density at radius 1 is 0.938 bits per heavy atom. The van der Waals surface area contributed by atoms with Crippen LogP contribution < -0.4 is 4.90 Å². The molecule has 0 radical (unpaired) electrons. The van der Waals surface area contributed by atoms with Gasteiger partial charge in [0.15, 0.2) is 15.6 Å². The second-order valence-electron chi connectivity index (χ2n) is 8.47. The van der Waals surface area contributed by atoms with Crippen molar-refractivity contribution in [3.05, 3.63) is 83.3 Å². The third kappa shape index (κ3) is 4.72. The van der Waals surface area contributed by atoms with Crippen molar-refractivity contribution in [1.29, 1.82) is 0 Å². The van der Waals surface area contributed by atoms with E-state index in [1.165, 1.54) is 5.56 Å². The van der Waals surface area contributed by atoms with Crippen molar-refractivity contribution in [3.8, 4) is 0 Å². The Kier molecular flexibility index (Phi) is 6.11. The van der Waals surface area contributed by atoms with E-state index >= 15 is 0 Å². The fraction of sp³-hybridized carbons (Fsp3) is 0.320. The molecule has 4 rings (SSSR count). The molecule has 7 heteroatoms. The summed E-state index contributed by atoms with van der Waals surface area (Å²) in [5.74, 6) is -0.0456. The molecule has 1 atom stereocenters. The highest BCUT2D eigenvalue weighted by Gasteiger charge is 2.29. The molecule has 1 aliphatic rings. The van der Waals surface area contributed by atoms with Crippen molar-refractivity contribution in [1.82, 2.24) is 4.90 Å². The molecule has 0 saturated carbocycles. The summed E-state index contributed by atoms with van der Waals surface area (Å²) in [5.41, 5.74) is 3.36. The number of sulfone groups is 1. The molecule has 168 valence electrons. The SMILES string of the molecule is Cc1ccc(N2CCN(C(=O)c3ccc(CS(=O)(=O)c4ccc(C)cc4)o3)C[C@H]2C)cc1. The van der Waals surface area contributed by atoms with E-state index in [1.807, 2.05) is 6.92 Å². The van der Waals surface area contributed by atoms with Gasteiger partial charge in [-0.3, -0.25) is 4.79 Å². The molecule has 1 saturated heterocycles. The van der Waals surface area contributed by atoms with Crippen molar-refractivity contribution in [2.75, 3.05) is 24.5 Å². The molecular weight excluding hydrogens is 424 g/mol. The molecule has 0 bridgehead atoms. The maximum atomic E-state index is 13.0. The van der Waals surface area contributed by atoms with Crippen LogP contribution >= 0.6 is 0 Å². The number of nitrogens with zero attached hydrogens (tertiary/aromatic N) is 2. The number of carbonyl (C=O) groups is 1. The highest BCUT2D eigenvalue weighted by molar-refractivity contribution is 7.90. The fourth-order valence-corrected chi connectivity index (χ4v) is 5.25. The van der Waals surface area contributed by atoms with Gasteiger partial charge < -0.3 is 14.2 Å². The average Bonchev–Trinajstić information content (AvgIpc) is 3.22. The topological polar surface area (TPSA) is 70.8 Å². The number of hydrogen-bond donors (Lipinski definition) is 0. The summed E-state index contributed by atoms with van der Waals surface area (Å²) >= 11 is 0. The van der Waals surface area contributed by atoms with Gasteiger partial charge in [0.25, 0.3) is 5.91 Å². The van der Waals surface area contributed by atoms with E-state index < -0.39 is 9.84 Å². The van der Waals surface area contributed by atoms with Gasteiger partial charge in [-0.1, -0.05) is 35.4 Å². The molecule has 1 fully saturated rings. The number of benzene rings is 2. The lowest BCUT2D eigenvalue weighted by molar-refractivity contribution is 0.0692. The van der Waals surface area contributed by atoms with E-state index in [0.29, 0.717) is 13.1 Å². The Morgan fingerprint density at radius 3 is 2.19 bits per heavy atom. The van der Waals surface area contributed by atoms with Gasteiger partial charge >= 0.3 is 0 Å². The zero-order chi connectivity index (χ0) is 22.9. The van der Waals surface area contributed by atoms with Gasteiger partial charge in [-0.15, -0.1) is 0 Å². The predicted octanol–water partition coefficient (Wildman–Crippen LogP) is 4.22. The first-order chi connectivity index (χ1) is 15.2.